The molecule has 0 spiro atoms. The first kappa shape index (κ1) is 15.1. The van der Waals surface area contributed by atoms with Gasteiger partial charge in [-0.15, -0.1) is 0 Å². The van der Waals surface area contributed by atoms with E-state index in [1.54, 1.807) is 29.4 Å². The average molecular weight is 293 g/mol. The van der Waals surface area contributed by atoms with E-state index < -0.39 is 0 Å². The molecule has 0 aliphatic carbocycles. The number of nitrogens with zero attached hydrogens (tertiary/aromatic N) is 2. The largest absolute Gasteiger partial charge is 0.310 e. The number of rotatable bonds is 5. The van der Waals surface area contributed by atoms with E-state index in [9.17, 15) is 4.39 Å². The van der Waals surface area contributed by atoms with Crippen LogP contribution < -0.4 is 5.32 Å². The highest BCUT2D eigenvalue weighted by Gasteiger charge is 2.14. The van der Waals surface area contributed by atoms with Crippen molar-refractivity contribution >= 4 is 11.8 Å². The summed E-state index contributed by atoms with van der Waals surface area (Å²) < 4.78 is 15.6. The van der Waals surface area contributed by atoms with Crippen molar-refractivity contribution in [2.75, 3.05) is 6.54 Å². The maximum absolute atomic E-state index is 13.8. The normalized spacial score (nSPS) is 12.7. The molecule has 1 aromatic heterocycles. The van der Waals surface area contributed by atoms with E-state index in [4.69, 9.17) is 0 Å². The van der Waals surface area contributed by atoms with Crippen LogP contribution in [0.15, 0.2) is 34.3 Å². The van der Waals surface area contributed by atoms with Gasteiger partial charge in [-0.2, -0.15) is 5.10 Å². The predicted molar refractivity (Wildman–Crippen MR) is 80.6 cm³/mol. The lowest BCUT2D eigenvalue weighted by Gasteiger charge is -2.17. The number of aromatic nitrogens is 2. The van der Waals surface area contributed by atoms with Crippen molar-refractivity contribution in [1.82, 2.24) is 15.1 Å². The van der Waals surface area contributed by atoms with Crippen molar-refractivity contribution in [2.24, 2.45) is 7.05 Å². The SMILES string of the molecule is CCNC(C)c1cc(F)c(C)cc1Sc1cnn(C)c1. The highest BCUT2D eigenvalue weighted by atomic mass is 32.2. The van der Waals surface area contributed by atoms with Gasteiger partial charge in [-0.1, -0.05) is 18.7 Å². The van der Waals surface area contributed by atoms with Crippen molar-refractivity contribution in [3.63, 3.8) is 0 Å². The Morgan fingerprint density at radius 1 is 1.45 bits per heavy atom. The van der Waals surface area contributed by atoms with Crippen LogP contribution in [0.25, 0.3) is 0 Å². The maximum atomic E-state index is 13.8. The van der Waals surface area contributed by atoms with E-state index in [2.05, 4.69) is 24.3 Å². The Morgan fingerprint density at radius 2 is 2.20 bits per heavy atom. The highest BCUT2D eigenvalue weighted by Crippen LogP contribution is 2.34. The van der Waals surface area contributed by atoms with Crippen molar-refractivity contribution in [3.05, 3.63) is 41.5 Å². The van der Waals surface area contributed by atoms with Gasteiger partial charge in [0.1, 0.15) is 5.82 Å². The van der Waals surface area contributed by atoms with Gasteiger partial charge < -0.3 is 5.32 Å². The molecular weight excluding hydrogens is 273 g/mol. The molecule has 0 aliphatic rings. The zero-order valence-corrected chi connectivity index (χ0v) is 13.1. The van der Waals surface area contributed by atoms with Crippen LogP contribution in [0.3, 0.4) is 0 Å². The summed E-state index contributed by atoms with van der Waals surface area (Å²) in [6.07, 6.45) is 3.79. The van der Waals surface area contributed by atoms with Crippen molar-refractivity contribution < 1.29 is 4.39 Å². The van der Waals surface area contributed by atoms with Crippen LogP contribution in [-0.4, -0.2) is 16.3 Å². The molecule has 108 valence electrons. The second-order valence-corrected chi connectivity index (χ2v) is 5.99. The summed E-state index contributed by atoms with van der Waals surface area (Å²) in [5.41, 5.74) is 1.66. The topological polar surface area (TPSA) is 29.9 Å². The summed E-state index contributed by atoms with van der Waals surface area (Å²) in [6.45, 7) is 6.76. The number of hydrogen-bond donors (Lipinski definition) is 1. The van der Waals surface area contributed by atoms with Gasteiger partial charge in [-0.05, 0) is 43.7 Å². The van der Waals surface area contributed by atoms with Crippen LogP contribution in [-0.2, 0) is 7.05 Å². The molecule has 0 aliphatic heterocycles. The summed E-state index contributed by atoms with van der Waals surface area (Å²) in [6, 6.07) is 3.67. The standard InChI is InChI=1S/C15H20FN3S/c1-5-17-11(3)13-7-14(16)10(2)6-15(13)20-12-8-18-19(4)9-12/h6-9,11,17H,5H2,1-4H3. The van der Waals surface area contributed by atoms with Crippen molar-refractivity contribution in [3.8, 4) is 0 Å². The minimum Gasteiger partial charge on any atom is -0.310 e. The van der Waals surface area contributed by atoms with E-state index in [-0.39, 0.29) is 11.9 Å². The molecule has 1 unspecified atom stereocenters. The Morgan fingerprint density at radius 3 is 2.80 bits per heavy atom. The molecule has 0 saturated heterocycles. The molecule has 1 heterocycles. The summed E-state index contributed by atoms with van der Waals surface area (Å²) >= 11 is 1.62. The van der Waals surface area contributed by atoms with E-state index in [1.807, 2.05) is 25.5 Å². The van der Waals surface area contributed by atoms with Crippen LogP contribution in [0, 0.1) is 12.7 Å². The molecule has 0 fully saturated rings. The molecule has 1 aromatic carbocycles. The number of benzene rings is 1. The van der Waals surface area contributed by atoms with E-state index in [1.165, 1.54) is 0 Å². The molecule has 2 aromatic rings. The second-order valence-electron chi connectivity index (χ2n) is 4.87. The summed E-state index contributed by atoms with van der Waals surface area (Å²) in [5, 5.41) is 7.51. The molecule has 3 nitrogen and oxygen atoms in total. The van der Waals surface area contributed by atoms with E-state index in [0.29, 0.717) is 5.56 Å². The number of nitrogens with one attached hydrogen (secondary N) is 1. The van der Waals surface area contributed by atoms with Crippen LogP contribution in [0.2, 0.25) is 0 Å². The number of hydrogen-bond acceptors (Lipinski definition) is 3. The average Bonchev–Trinajstić information content (AvgIpc) is 2.79. The van der Waals surface area contributed by atoms with Crippen LogP contribution in [0.1, 0.15) is 31.0 Å². The number of aryl methyl sites for hydroxylation is 2. The molecule has 5 heteroatoms. The van der Waals surface area contributed by atoms with E-state index in [0.717, 1.165) is 21.9 Å². The Balaban J connectivity index is 2.36. The molecule has 2 rings (SSSR count). The highest BCUT2D eigenvalue weighted by molar-refractivity contribution is 7.99. The number of halogens is 1. The lowest BCUT2D eigenvalue weighted by Crippen LogP contribution is -2.18. The van der Waals surface area contributed by atoms with Gasteiger partial charge in [-0.3, -0.25) is 4.68 Å². The maximum Gasteiger partial charge on any atom is 0.126 e. The Hall–Kier alpha value is -1.33. The molecule has 1 N–H and O–H groups in total. The smallest absolute Gasteiger partial charge is 0.126 e. The third-order valence-electron chi connectivity index (χ3n) is 3.18. The minimum absolute atomic E-state index is 0.120. The summed E-state index contributed by atoms with van der Waals surface area (Å²) in [7, 11) is 1.89. The zero-order valence-electron chi connectivity index (χ0n) is 12.3. The van der Waals surface area contributed by atoms with Gasteiger partial charge in [0.2, 0.25) is 0 Å². The third kappa shape index (κ3) is 3.41. The molecule has 1 atom stereocenters. The Labute approximate surface area is 123 Å². The first-order valence-electron chi connectivity index (χ1n) is 6.71. The van der Waals surface area contributed by atoms with Crippen LogP contribution in [0.4, 0.5) is 4.39 Å². The molecule has 0 radical (unpaired) electrons. The van der Waals surface area contributed by atoms with Gasteiger partial charge in [0.25, 0.3) is 0 Å². The lowest BCUT2D eigenvalue weighted by molar-refractivity contribution is 0.571. The molecule has 0 amide bonds. The summed E-state index contributed by atoms with van der Waals surface area (Å²) in [4.78, 5) is 2.13. The first-order chi connectivity index (χ1) is 9.51. The molecule has 0 bridgehead atoms. The Kier molecular flexibility index (Phi) is 4.83. The fraction of sp³-hybridized carbons (Fsp3) is 0.400. The molecular formula is C15H20FN3S. The van der Waals surface area contributed by atoms with Crippen LogP contribution >= 0.6 is 11.8 Å². The predicted octanol–water partition coefficient (Wildman–Crippen LogP) is 3.69. The van der Waals surface area contributed by atoms with Gasteiger partial charge in [0.05, 0.1) is 11.1 Å². The van der Waals surface area contributed by atoms with Gasteiger partial charge in [0, 0.05) is 24.2 Å². The van der Waals surface area contributed by atoms with Crippen LogP contribution in [0.5, 0.6) is 0 Å². The molecule has 20 heavy (non-hydrogen) atoms. The van der Waals surface area contributed by atoms with Gasteiger partial charge in [-0.25, -0.2) is 4.39 Å². The minimum atomic E-state index is -0.153. The fourth-order valence-electron chi connectivity index (χ4n) is 2.09. The van der Waals surface area contributed by atoms with Crippen molar-refractivity contribution in [1.29, 1.82) is 0 Å². The van der Waals surface area contributed by atoms with Gasteiger partial charge in [0.15, 0.2) is 0 Å². The monoisotopic (exact) mass is 293 g/mol. The lowest BCUT2D eigenvalue weighted by atomic mass is 10.1. The molecule has 0 saturated carbocycles. The van der Waals surface area contributed by atoms with Gasteiger partial charge >= 0.3 is 0 Å². The second kappa shape index (κ2) is 6.41. The third-order valence-corrected chi connectivity index (χ3v) is 4.20. The summed E-state index contributed by atoms with van der Waals surface area (Å²) in [5.74, 6) is -0.153. The first-order valence-corrected chi connectivity index (χ1v) is 7.52. The quantitative estimate of drug-likeness (QED) is 0.912. The Bertz CT molecular complexity index is 595. The fourth-order valence-corrected chi connectivity index (χ4v) is 3.24. The van der Waals surface area contributed by atoms with Crippen molar-refractivity contribution in [2.45, 2.75) is 36.6 Å². The zero-order chi connectivity index (χ0) is 14.7. The van der Waals surface area contributed by atoms with E-state index >= 15 is 0 Å².